The minimum Gasteiger partial charge on any atom is -0.481 e. The third-order valence-corrected chi connectivity index (χ3v) is 4.19. The van der Waals surface area contributed by atoms with Gasteiger partial charge in [-0.3, -0.25) is 14.3 Å². The Labute approximate surface area is 133 Å². The van der Waals surface area contributed by atoms with Crippen LogP contribution in [-0.4, -0.2) is 44.3 Å². The Hall–Kier alpha value is -1.99. The van der Waals surface area contributed by atoms with Crippen LogP contribution < -0.4 is 0 Å². The highest BCUT2D eigenvalue weighted by Crippen LogP contribution is 2.30. The third-order valence-electron chi connectivity index (χ3n) is 4.19. The van der Waals surface area contributed by atoms with E-state index in [1.807, 2.05) is 13.8 Å². The van der Waals surface area contributed by atoms with E-state index in [2.05, 4.69) is 5.10 Å². The van der Waals surface area contributed by atoms with Crippen LogP contribution in [0.2, 0.25) is 0 Å². The van der Waals surface area contributed by atoms with Gasteiger partial charge >= 0.3 is 5.97 Å². The van der Waals surface area contributed by atoms with E-state index in [9.17, 15) is 18.4 Å². The maximum Gasteiger partial charge on any atom is 0.308 e. The lowest BCUT2D eigenvalue weighted by Gasteiger charge is -2.23. The highest BCUT2D eigenvalue weighted by molar-refractivity contribution is 5.96. The van der Waals surface area contributed by atoms with E-state index < -0.39 is 36.0 Å². The number of carboxylic acid groups (broad SMARTS) is 1. The lowest BCUT2D eigenvalue weighted by molar-refractivity contribution is -0.142. The van der Waals surface area contributed by atoms with Gasteiger partial charge in [0.15, 0.2) is 0 Å². The van der Waals surface area contributed by atoms with Crippen LogP contribution in [0.25, 0.3) is 0 Å². The molecular weight excluding hydrogens is 308 g/mol. The molecule has 2 rings (SSSR count). The van der Waals surface area contributed by atoms with Crippen LogP contribution in [0.4, 0.5) is 8.78 Å². The van der Waals surface area contributed by atoms with Gasteiger partial charge < -0.3 is 10.0 Å². The number of nitrogens with zero attached hydrogens (tertiary/aromatic N) is 3. The van der Waals surface area contributed by atoms with Gasteiger partial charge in [0.25, 0.3) is 12.3 Å². The monoisotopic (exact) mass is 329 g/mol. The van der Waals surface area contributed by atoms with Crippen molar-refractivity contribution in [3.63, 3.8) is 0 Å². The van der Waals surface area contributed by atoms with Gasteiger partial charge in [0.2, 0.25) is 0 Å². The number of halogens is 2. The average molecular weight is 329 g/mol. The number of hydrogen-bond acceptors (Lipinski definition) is 3. The fourth-order valence-corrected chi connectivity index (χ4v) is 2.99. The number of amides is 1. The normalized spacial score (nSPS) is 21.4. The molecule has 0 saturated carbocycles. The van der Waals surface area contributed by atoms with Crippen molar-refractivity contribution in [2.75, 3.05) is 6.54 Å². The molecular formula is C15H21F2N3O3. The van der Waals surface area contributed by atoms with Gasteiger partial charge in [0, 0.05) is 19.1 Å². The zero-order valence-electron chi connectivity index (χ0n) is 13.4. The SMILES string of the molecule is CC(C)Cn1ncc(C(=O)N2CCC(C(=O)O)C2C)c1C(F)F. The maximum absolute atomic E-state index is 13.4. The Kier molecular flexibility index (Phi) is 5.01. The number of hydrogen-bond donors (Lipinski definition) is 1. The third kappa shape index (κ3) is 3.35. The van der Waals surface area contributed by atoms with Crippen LogP contribution in [-0.2, 0) is 11.3 Å². The molecule has 1 aromatic heterocycles. The second-order valence-corrected chi connectivity index (χ2v) is 6.29. The second kappa shape index (κ2) is 6.64. The van der Waals surface area contributed by atoms with Gasteiger partial charge in [-0.2, -0.15) is 5.10 Å². The van der Waals surface area contributed by atoms with Gasteiger partial charge in [-0.05, 0) is 19.3 Å². The smallest absolute Gasteiger partial charge is 0.308 e. The number of aromatic nitrogens is 2. The van der Waals surface area contributed by atoms with Gasteiger partial charge in [0.05, 0.1) is 17.7 Å². The second-order valence-electron chi connectivity index (χ2n) is 6.29. The summed E-state index contributed by atoms with van der Waals surface area (Å²) in [5.41, 5.74) is -0.534. The summed E-state index contributed by atoms with van der Waals surface area (Å²) in [4.78, 5) is 25.1. The van der Waals surface area contributed by atoms with Crippen molar-refractivity contribution in [3.8, 4) is 0 Å². The first-order valence-electron chi connectivity index (χ1n) is 7.61. The molecule has 1 aliphatic rings. The Bertz CT molecular complexity index is 601. The van der Waals surface area contributed by atoms with E-state index in [1.54, 1.807) is 6.92 Å². The van der Waals surface area contributed by atoms with E-state index in [0.717, 1.165) is 10.9 Å². The number of carbonyl (C=O) groups is 2. The first-order valence-corrected chi connectivity index (χ1v) is 7.61. The molecule has 2 heterocycles. The van der Waals surface area contributed by atoms with Crippen LogP contribution in [0.5, 0.6) is 0 Å². The summed E-state index contributed by atoms with van der Waals surface area (Å²) in [6.45, 7) is 5.91. The summed E-state index contributed by atoms with van der Waals surface area (Å²) in [5, 5.41) is 13.0. The number of carboxylic acids is 1. The lowest BCUT2D eigenvalue weighted by atomic mass is 10.0. The van der Waals surface area contributed by atoms with Gasteiger partial charge in [0.1, 0.15) is 5.69 Å². The summed E-state index contributed by atoms with van der Waals surface area (Å²) in [6.07, 6.45) is -1.33. The molecule has 1 amide bonds. The van der Waals surface area contributed by atoms with Crippen molar-refractivity contribution < 1.29 is 23.5 Å². The molecule has 1 N–H and O–H groups in total. The molecule has 2 atom stereocenters. The van der Waals surface area contributed by atoms with Crippen molar-refractivity contribution in [2.45, 2.75) is 46.2 Å². The van der Waals surface area contributed by atoms with Crippen LogP contribution in [0, 0.1) is 11.8 Å². The van der Waals surface area contributed by atoms with Crippen LogP contribution in [0.15, 0.2) is 6.20 Å². The molecule has 0 aromatic carbocycles. The van der Waals surface area contributed by atoms with Crippen molar-refractivity contribution in [2.24, 2.45) is 11.8 Å². The van der Waals surface area contributed by atoms with E-state index in [4.69, 9.17) is 5.11 Å². The Balaban J connectivity index is 2.30. The first kappa shape index (κ1) is 17.4. The van der Waals surface area contributed by atoms with Crippen LogP contribution in [0.1, 0.15) is 49.7 Å². The molecule has 0 spiro atoms. The fraction of sp³-hybridized carbons (Fsp3) is 0.667. The molecule has 1 aliphatic heterocycles. The zero-order valence-corrected chi connectivity index (χ0v) is 13.4. The Morgan fingerprint density at radius 1 is 1.43 bits per heavy atom. The van der Waals surface area contributed by atoms with Crippen molar-refractivity contribution in [1.82, 2.24) is 14.7 Å². The Morgan fingerprint density at radius 3 is 2.57 bits per heavy atom. The van der Waals surface area contributed by atoms with Gasteiger partial charge in [-0.15, -0.1) is 0 Å². The molecule has 1 saturated heterocycles. The lowest BCUT2D eigenvalue weighted by Crippen LogP contribution is -2.38. The summed E-state index contributed by atoms with van der Waals surface area (Å²) in [6, 6.07) is -0.529. The molecule has 0 aliphatic carbocycles. The largest absolute Gasteiger partial charge is 0.481 e. The Morgan fingerprint density at radius 2 is 2.09 bits per heavy atom. The topological polar surface area (TPSA) is 75.4 Å². The van der Waals surface area contributed by atoms with E-state index in [0.29, 0.717) is 13.0 Å². The van der Waals surface area contributed by atoms with E-state index in [1.165, 1.54) is 4.90 Å². The molecule has 1 fully saturated rings. The van der Waals surface area contributed by atoms with E-state index in [-0.39, 0.29) is 18.0 Å². The van der Waals surface area contributed by atoms with Crippen molar-refractivity contribution in [1.29, 1.82) is 0 Å². The molecule has 0 bridgehead atoms. The number of rotatable bonds is 5. The molecule has 23 heavy (non-hydrogen) atoms. The predicted octanol–water partition coefficient (Wildman–Crippen LogP) is 2.41. The summed E-state index contributed by atoms with van der Waals surface area (Å²) < 4.78 is 28.0. The molecule has 6 nitrogen and oxygen atoms in total. The highest BCUT2D eigenvalue weighted by Gasteiger charge is 2.40. The molecule has 128 valence electrons. The van der Waals surface area contributed by atoms with Crippen molar-refractivity contribution in [3.05, 3.63) is 17.5 Å². The summed E-state index contributed by atoms with van der Waals surface area (Å²) >= 11 is 0. The minimum absolute atomic E-state index is 0.109. The number of carbonyl (C=O) groups excluding carboxylic acids is 1. The molecule has 0 radical (unpaired) electrons. The fourth-order valence-electron chi connectivity index (χ4n) is 2.99. The van der Waals surface area contributed by atoms with E-state index >= 15 is 0 Å². The molecule has 1 aromatic rings. The van der Waals surface area contributed by atoms with Crippen LogP contribution >= 0.6 is 0 Å². The quantitative estimate of drug-likeness (QED) is 0.900. The zero-order chi connectivity index (χ0) is 17.3. The van der Waals surface area contributed by atoms with Crippen molar-refractivity contribution >= 4 is 11.9 Å². The van der Waals surface area contributed by atoms with Gasteiger partial charge in [-0.1, -0.05) is 13.8 Å². The van der Waals surface area contributed by atoms with Crippen LogP contribution in [0.3, 0.4) is 0 Å². The van der Waals surface area contributed by atoms with Gasteiger partial charge in [-0.25, -0.2) is 8.78 Å². The first-order chi connectivity index (χ1) is 10.7. The number of aliphatic carboxylic acids is 1. The highest BCUT2D eigenvalue weighted by atomic mass is 19.3. The molecule has 8 heteroatoms. The average Bonchev–Trinajstić information content (AvgIpc) is 3.01. The summed E-state index contributed by atoms with van der Waals surface area (Å²) in [7, 11) is 0. The minimum atomic E-state index is -2.82. The molecule has 2 unspecified atom stereocenters. The predicted molar refractivity (Wildman–Crippen MR) is 78.3 cm³/mol. The number of likely N-dealkylation sites (tertiary alicyclic amines) is 1. The summed E-state index contributed by atoms with van der Waals surface area (Å²) in [5.74, 6) is -2.11. The number of alkyl halides is 2. The standard InChI is InChI=1S/C15H21F2N3O3/c1-8(2)7-20-12(13(16)17)11(6-18-20)14(21)19-5-4-10(9(19)3)15(22)23/h6,8-10,13H,4-5,7H2,1-3H3,(H,22,23). The maximum atomic E-state index is 13.4.